The van der Waals surface area contributed by atoms with Gasteiger partial charge >= 0.3 is 0 Å². The van der Waals surface area contributed by atoms with Crippen molar-refractivity contribution in [3.63, 3.8) is 0 Å². The lowest BCUT2D eigenvalue weighted by molar-refractivity contribution is 0.627. The van der Waals surface area contributed by atoms with Crippen LogP contribution in [0.25, 0.3) is 0 Å². The molecule has 0 unspecified atom stereocenters. The van der Waals surface area contributed by atoms with Crippen LogP contribution in [0.2, 0.25) is 5.02 Å². The number of rotatable bonds is 4. The van der Waals surface area contributed by atoms with E-state index in [1.165, 1.54) is 36.1 Å². The summed E-state index contributed by atoms with van der Waals surface area (Å²) in [5.74, 6) is 0.402. The standard InChI is InChI=1S/C16H14BrClFN/c17-14-7-13(19)8-15(18)16(14)20-9-10-2-1-3-12(6-10)11-4-5-11/h1-3,6-8,11,20H,4-5,9H2. The molecule has 0 saturated heterocycles. The fraction of sp³-hybridized carbons (Fsp3) is 0.250. The van der Waals surface area contributed by atoms with Crippen molar-refractivity contribution in [2.24, 2.45) is 0 Å². The van der Waals surface area contributed by atoms with Crippen LogP contribution in [0.15, 0.2) is 40.9 Å². The summed E-state index contributed by atoms with van der Waals surface area (Å²) >= 11 is 9.39. The highest BCUT2D eigenvalue weighted by Gasteiger charge is 2.23. The fourth-order valence-electron chi connectivity index (χ4n) is 2.28. The van der Waals surface area contributed by atoms with Crippen molar-refractivity contribution in [3.8, 4) is 0 Å². The van der Waals surface area contributed by atoms with Crippen LogP contribution in [0.4, 0.5) is 10.1 Å². The van der Waals surface area contributed by atoms with E-state index in [1.807, 2.05) is 0 Å². The molecule has 1 fully saturated rings. The number of halogens is 3. The van der Waals surface area contributed by atoms with E-state index in [9.17, 15) is 4.39 Å². The van der Waals surface area contributed by atoms with Crippen LogP contribution in [0, 0.1) is 5.82 Å². The Kier molecular flexibility index (Phi) is 3.99. The fourth-order valence-corrected chi connectivity index (χ4v) is 3.23. The van der Waals surface area contributed by atoms with E-state index in [1.54, 1.807) is 0 Å². The van der Waals surface area contributed by atoms with Crippen molar-refractivity contribution in [3.05, 3.63) is 62.8 Å². The number of nitrogens with one attached hydrogen (secondary N) is 1. The molecular formula is C16H14BrClFN. The summed E-state index contributed by atoms with van der Waals surface area (Å²) in [4.78, 5) is 0. The monoisotopic (exact) mass is 353 g/mol. The highest BCUT2D eigenvalue weighted by molar-refractivity contribution is 9.10. The molecule has 0 spiro atoms. The third kappa shape index (κ3) is 3.15. The minimum absolute atomic E-state index is 0.344. The Balaban J connectivity index is 1.74. The summed E-state index contributed by atoms with van der Waals surface area (Å²) in [5, 5.41) is 3.65. The molecule has 1 aliphatic rings. The van der Waals surface area contributed by atoms with Gasteiger partial charge in [-0.25, -0.2) is 4.39 Å². The first-order valence-electron chi connectivity index (χ1n) is 6.61. The van der Waals surface area contributed by atoms with Gasteiger partial charge in [0.05, 0.1) is 10.7 Å². The first-order valence-corrected chi connectivity index (χ1v) is 7.78. The van der Waals surface area contributed by atoms with E-state index in [0.717, 1.165) is 11.6 Å². The molecule has 20 heavy (non-hydrogen) atoms. The molecule has 1 saturated carbocycles. The molecule has 104 valence electrons. The molecule has 2 aromatic rings. The van der Waals surface area contributed by atoms with Crippen molar-refractivity contribution in [2.45, 2.75) is 25.3 Å². The van der Waals surface area contributed by atoms with E-state index in [0.29, 0.717) is 16.0 Å². The highest BCUT2D eigenvalue weighted by Crippen LogP contribution is 2.40. The SMILES string of the molecule is Fc1cc(Cl)c(NCc2cccc(C3CC3)c2)c(Br)c1. The van der Waals surface area contributed by atoms with Crippen LogP contribution in [0.5, 0.6) is 0 Å². The average Bonchev–Trinajstić information content (AvgIpc) is 3.22. The van der Waals surface area contributed by atoms with E-state index >= 15 is 0 Å². The molecule has 0 aliphatic heterocycles. The summed E-state index contributed by atoms with van der Waals surface area (Å²) in [6.45, 7) is 0.671. The van der Waals surface area contributed by atoms with Gasteiger partial charge in [0, 0.05) is 11.0 Å². The van der Waals surface area contributed by atoms with E-state index in [4.69, 9.17) is 11.6 Å². The van der Waals surface area contributed by atoms with Crippen molar-refractivity contribution >= 4 is 33.2 Å². The second-order valence-electron chi connectivity index (χ2n) is 5.12. The molecule has 3 rings (SSSR count). The molecule has 0 radical (unpaired) electrons. The third-order valence-electron chi connectivity index (χ3n) is 3.48. The third-order valence-corrected chi connectivity index (χ3v) is 4.40. The van der Waals surface area contributed by atoms with Gasteiger partial charge in [-0.15, -0.1) is 0 Å². The largest absolute Gasteiger partial charge is 0.379 e. The van der Waals surface area contributed by atoms with Gasteiger partial charge in [0.1, 0.15) is 5.82 Å². The van der Waals surface area contributed by atoms with Gasteiger partial charge in [0.25, 0.3) is 0 Å². The van der Waals surface area contributed by atoms with Gasteiger partial charge in [0.2, 0.25) is 0 Å². The van der Waals surface area contributed by atoms with Gasteiger partial charge in [-0.1, -0.05) is 35.9 Å². The zero-order valence-electron chi connectivity index (χ0n) is 10.8. The van der Waals surface area contributed by atoms with Crippen LogP contribution in [-0.2, 0) is 6.54 Å². The number of hydrogen-bond acceptors (Lipinski definition) is 1. The predicted molar refractivity (Wildman–Crippen MR) is 84.9 cm³/mol. The molecule has 0 atom stereocenters. The normalized spacial score (nSPS) is 14.3. The van der Waals surface area contributed by atoms with Crippen molar-refractivity contribution in [1.82, 2.24) is 0 Å². The Labute approximate surface area is 131 Å². The minimum Gasteiger partial charge on any atom is -0.379 e. The molecule has 1 N–H and O–H groups in total. The molecule has 0 bridgehead atoms. The molecule has 0 amide bonds. The molecule has 2 aromatic carbocycles. The first-order chi connectivity index (χ1) is 9.63. The molecule has 4 heteroatoms. The number of hydrogen-bond donors (Lipinski definition) is 1. The maximum Gasteiger partial charge on any atom is 0.125 e. The Morgan fingerprint density at radius 2 is 2.05 bits per heavy atom. The second kappa shape index (κ2) is 5.74. The molecule has 0 aromatic heterocycles. The van der Waals surface area contributed by atoms with Crippen molar-refractivity contribution in [1.29, 1.82) is 0 Å². The first kappa shape index (κ1) is 13.9. The molecule has 0 heterocycles. The zero-order chi connectivity index (χ0) is 14.1. The van der Waals surface area contributed by atoms with E-state index in [2.05, 4.69) is 45.5 Å². The van der Waals surface area contributed by atoms with Gasteiger partial charge < -0.3 is 5.32 Å². The lowest BCUT2D eigenvalue weighted by atomic mass is 10.1. The Morgan fingerprint density at radius 1 is 1.25 bits per heavy atom. The molecule has 1 nitrogen and oxygen atoms in total. The lowest BCUT2D eigenvalue weighted by Crippen LogP contribution is -2.01. The summed E-state index contributed by atoms with van der Waals surface area (Å²) in [6.07, 6.45) is 2.60. The summed E-state index contributed by atoms with van der Waals surface area (Å²) < 4.78 is 13.8. The van der Waals surface area contributed by atoms with Crippen molar-refractivity contribution < 1.29 is 4.39 Å². The van der Waals surface area contributed by atoms with Gasteiger partial charge in [-0.05, 0) is 57.9 Å². The van der Waals surface area contributed by atoms with Crippen LogP contribution >= 0.6 is 27.5 Å². The summed E-state index contributed by atoms with van der Waals surface area (Å²) in [6, 6.07) is 11.3. The Morgan fingerprint density at radius 3 is 2.75 bits per heavy atom. The predicted octanol–water partition coefficient (Wildman–Crippen LogP) is 5.73. The topological polar surface area (TPSA) is 12.0 Å². The average molecular weight is 355 g/mol. The Hall–Kier alpha value is -1.06. The van der Waals surface area contributed by atoms with E-state index < -0.39 is 0 Å². The van der Waals surface area contributed by atoms with Crippen LogP contribution in [0.3, 0.4) is 0 Å². The van der Waals surface area contributed by atoms with E-state index in [-0.39, 0.29) is 5.82 Å². The molecule has 1 aliphatic carbocycles. The highest BCUT2D eigenvalue weighted by atomic mass is 79.9. The Bertz CT molecular complexity index is 617. The van der Waals surface area contributed by atoms with Crippen LogP contribution < -0.4 is 5.32 Å². The quantitative estimate of drug-likeness (QED) is 0.739. The minimum atomic E-state index is -0.344. The van der Waals surface area contributed by atoms with Gasteiger partial charge in [-0.3, -0.25) is 0 Å². The maximum absolute atomic E-state index is 13.2. The number of benzene rings is 2. The zero-order valence-corrected chi connectivity index (χ0v) is 13.1. The van der Waals surface area contributed by atoms with Gasteiger partial charge in [0.15, 0.2) is 0 Å². The van der Waals surface area contributed by atoms with Crippen molar-refractivity contribution in [2.75, 3.05) is 5.32 Å². The second-order valence-corrected chi connectivity index (χ2v) is 6.38. The molecular weight excluding hydrogens is 341 g/mol. The summed E-state index contributed by atoms with van der Waals surface area (Å²) in [7, 11) is 0. The van der Waals surface area contributed by atoms with Crippen LogP contribution in [0.1, 0.15) is 29.9 Å². The smallest absolute Gasteiger partial charge is 0.125 e. The van der Waals surface area contributed by atoms with Gasteiger partial charge in [-0.2, -0.15) is 0 Å². The number of anilines is 1. The maximum atomic E-state index is 13.2. The lowest BCUT2D eigenvalue weighted by Gasteiger charge is -2.11. The van der Waals surface area contributed by atoms with Crippen LogP contribution in [-0.4, -0.2) is 0 Å². The summed E-state index contributed by atoms with van der Waals surface area (Å²) in [5.41, 5.74) is 3.35.